The van der Waals surface area contributed by atoms with E-state index in [4.69, 9.17) is 0 Å². The number of benzene rings is 1. The summed E-state index contributed by atoms with van der Waals surface area (Å²) in [4.78, 5) is 12.0. The lowest BCUT2D eigenvalue weighted by atomic mass is 9.98. The van der Waals surface area contributed by atoms with Crippen molar-refractivity contribution in [3.63, 3.8) is 0 Å². The van der Waals surface area contributed by atoms with E-state index in [-0.39, 0.29) is 11.9 Å². The number of carbonyl (C=O) groups excluding carboxylic acids is 1. The third kappa shape index (κ3) is 2.09. The highest BCUT2D eigenvalue weighted by Gasteiger charge is 2.26. The van der Waals surface area contributed by atoms with Gasteiger partial charge in [0.15, 0.2) is 0 Å². The van der Waals surface area contributed by atoms with Gasteiger partial charge >= 0.3 is 0 Å². The minimum absolute atomic E-state index is 0.0827. The third-order valence-electron chi connectivity index (χ3n) is 3.28. The van der Waals surface area contributed by atoms with Crippen LogP contribution in [0.25, 0.3) is 0 Å². The molecule has 0 saturated carbocycles. The van der Waals surface area contributed by atoms with Crippen LogP contribution in [-0.4, -0.2) is 11.9 Å². The number of hydrogen-bond donors (Lipinski definition) is 2. The lowest BCUT2D eigenvalue weighted by Crippen LogP contribution is -2.42. The van der Waals surface area contributed by atoms with Crippen LogP contribution in [0, 0.1) is 5.92 Å². The molecule has 0 saturated heterocycles. The summed E-state index contributed by atoms with van der Waals surface area (Å²) < 4.78 is 0. The van der Waals surface area contributed by atoms with Gasteiger partial charge in [0, 0.05) is 12.2 Å². The Bertz CT molecular complexity index is 389. The fourth-order valence-electron chi connectivity index (χ4n) is 2.01. The maximum Gasteiger partial charge on any atom is 0.241 e. The first-order valence-corrected chi connectivity index (χ1v) is 5.84. The van der Waals surface area contributed by atoms with Crippen LogP contribution in [0.3, 0.4) is 0 Å². The maximum absolute atomic E-state index is 12.0. The maximum atomic E-state index is 12.0. The summed E-state index contributed by atoms with van der Waals surface area (Å²) in [6.07, 6.45) is 1.00. The fraction of sp³-hybridized carbons (Fsp3) is 0.462. The molecule has 1 aliphatic heterocycles. The third-order valence-corrected chi connectivity index (χ3v) is 3.28. The van der Waals surface area contributed by atoms with Crippen LogP contribution in [0.2, 0.25) is 0 Å². The molecule has 1 aromatic carbocycles. The lowest BCUT2D eigenvalue weighted by Gasteiger charge is -2.20. The smallest absolute Gasteiger partial charge is 0.241 e. The van der Waals surface area contributed by atoms with Crippen LogP contribution in [0.15, 0.2) is 24.3 Å². The van der Waals surface area contributed by atoms with Crippen molar-refractivity contribution in [3.8, 4) is 0 Å². The van der Waals surface area contributed by atoms with E-state index in [2.05, 4.69) is 24.5 Å². The van der Waals surface area contributed by atoms with Crippen molar-refractivity contribution in [2.45, 2.75) is 32.9 Å². The molecule has 1 amide bonds. The number of amides is 1. The Hall–Kier alpha value is -1.35. The first kappa shape index (κ1) is 11.1. The Labute approximate surface area is 96.2 Å². The summed E-state index contributed by atoms with van der Waals surface area (Å²) in [5.41, 5.74) is 2.09. The minimum atomic E-state index is -0.0857. The molecule has 2 rings (SSSR count). The van der Waals surface area contributed by atoms with E-state index in [1.54, 1.807) is 0 Å². The van der Waals surface area contributed by atoms with Crippen LogP contribution in [-0.2, 0) is 11.3 Å². The molecule has 3 heteroatoms. The molecule has 2 atom stereocenters. The Morgan fingerprint density at radius 2 is 2.19 bits per heavy atom. The van der Waals surface area contributed by atoms with Crippen molar-refractivity contribution < 1.29 is 4.79 Å². The van der Waals surface area contributed by atoms with Gasteiger partial charge in [-0.05, 0) is 17.5 Å². The molecule has 3 nitrogen and oxygen atoms in total. The molecule has 1 aromatic rings. The van der Waals surface area contributed by atoms with Crippen molar-refractivity contribution in [1.82, 2.24) is 5.32 Å². The molecular weight excluding hydrogens is 200 g/mol. The average molecular weight is 218 g/mol. The minimum Gasteiger partial charge on any atom is -0.324 e. The molecule has 0 bridgehead atoms. The number of nitrogens with one attached hydrogen (secondary N) is 2. The molecule has 86 valence electrons. The molecule has 0 radical (unpaired) electrons. The summed E-state index contributed by atoms with van der Waals surface area (Å²) in [5.74, 6) is 0.439. The van der Waals surface area contributed by atoms with Gasteiger partial charge in [-0.15, -0.1) is 0 Å². The molecule has 1 heterocycles. The number of rotatable bonds is 2. The first-order valence-electron chi connectivity index (χ1n) is 5.84. The van der Waals surface area contributed by atoms with Crippen LogP contribution in [0.5, 0.6) is 0 Å². The van der Waals surface area contributed by atoms with Crippen LogP contribution < -0.4 is 10.6 Å². The first-order chi connectivity index (χ1) is 7.72. The fourth-order valence-corrected chi connectivity index (χ4v) is 2.01. The Kier molecular flexibility index (Phi) is 3.25. The summed E-state index contributed by atoms with van der Waals surface area (Å²) >= 11 is 0. The van der Waals surface area contributed by atoms with E-state index in [1.165, 1.54) is 0 Å². The predicted molar refractivity (Wildman–Crippen MR) is 65.2 cm³/mol. The van der Waals surface area contributed by atoms with Crippen molar-refractivity contribution >= 4 is 11.6 Å². The Balaban J connectivity index is 2.22. The number of hydrogen-bond acceptors (Lipinski definition) is 2. The molecule has 0 unspecified atom stereocenters. The van der Waals surface area contributed by atoms with Gasteiger partial charge in [-0.3, -0.25) is 4.79 Å². The zero-order valence-corrected chi connectivity index (χ0v) is 9.79. The van der Waals surface area contributed by atoms with Gasteiger partial charge in [0.1, 0.15) is 0 Å². The highest BCUT2D eigenvalue weighted by atomic mass is 16.2. The zero-order valence-electron chi connectivity index (χ0n) is 9.79. The normalized spacial score (nSPS) is 21.9. The van der Waals surface area contributed by atoms with Crippen molar-refractivity contribution in [3.05, 3.63) is 29.8 Å². The largest absolute Gasteiger partial charge is 0.324 e. The molecule has 0 fully saturated rings. The number of para-hydroxylation sites is 1. The number of fused-ring (bicyclic) bond motifs is 1. The highest BCUT2D eigenvalue weighted by molar-refractivity contribution is 5.96. The summed E-state index contributed by atoms with van der Waals surface area (Å²) in [5, 5.41) is 6.31. The molecular formula is C13H18N2O. The SMILES string of the molecule is CC[C@H](C)[C@@H]1NCc2ccccc2NC1=O. The van der Waals surface area contributed by atoms with E-state index in [9.17, 15) is 4.79 Å². The quantitative estimate of drug-likeness (QED) is 0.798. The number of carbonyl (C=O) groups is 1. The van der Waals surface area contributed by atoms with E-state index < -0.39 is 0 Å². The van der Waals surface area contributed by atoms with Gasteiger partial charge in [-0.1, -0.05) is 38.5 Å². The second-order valence-corrected chi connectivity index (χ2v) is 4.39. The Morgan fingerprint density at radius 3 is 2.94 bits per heavy atom. The Morgan fingerprint density at radius 1 is 1.44 bits per heavy atom. The lowest BCUT2D eigenvalue weighted by molar-refractivity contribution is -0.119. The molecule has 0 aliphatic carbocycles. The molecule has 0 aromatic heterocycles. The van der Waals surface area contributed by atoms with Gasteiger partial charge in [0.05, 0.1) is 6.04 Å². The van der Waals surface area contributed by atoms with Gasteiger partial charge in [-0.25, -0.2) is 0 Å². The van der Waals surface area contributed by atoms with E-state index in [1.807, 2.05) is 24.3 Å². The van der Waals surface area contributed by atoms with Crippen LogP contribution in [0.1, 0.15) is 25.8 Å². The van der Waals surface area contributed by atoms with Gasteiger partial charge in [0.2, 0.25) is 5.91 Å². The zero-order chi connectivity index (χ0) is 11.5. The molecule has 0 spiro atoms. The van der Waals surface area contributed by atoms with Gasteiger partial charge in [0.25, 0.3) is 0 Å². The number of anilines is 1. The van der Waals surface area contributed by atoms with E-state index in [0.29, 0.717) is 5.92 Å². The standard InChI is InChI=1S/C13H18N2O/c1-3-9(2)12-13(16)15-11-7-5-4-6-10(11)8-14-12/h4-7,9,12,14H,3,8H2,1-2H3,(H,15,16)/t9-,12-/m0/s1. The molecule has 16 heavy (non-hydrogen) atoms. The molecule has 2 N–H and O–H groups in total. The van der Waals surface area contributed by atoms with Crippen LogP contribution in [0.4, 0.5) is 5.69 Å². The highest BCUT2D eigenvalue weighted by Crippen LogP contribution is 2.20. The second-order valence-electron chi connectivity index (χ2n) is 4.39. The van der Waals surface area contributed by atoms with E-state index >= 15 is 0 Å². The second kappa shape index (κ2) is 4.66. The monoisotopic (exact) mass is 218 g/mol. The molecule has 1 aliphatic rings. The van der Waals surface area contributed by atoms with Gasteiger partial charge in [-0.2, -0.15) is 0 Å². The van der Waals surface area contributed by atoms with Gasteiger partial charge < -0.3 is 10.6 Å². The average Bonchev–Trinajstić information content (AvgIpc) is 2.46. The van der Waals surface area contributed by atoms with Crippen molar-refractivity contribution in [1.29, 1.82) is 0 Å². The summed E-state index contributed by atoms with van der Waals surface area (Å²) in [6.45, 7) is 4.97. The van der Waals surface area contributed by atoms with Crippen molar-refractivity contribution in [2.24, 2.45) is 5.92 Å². The van der Waals surface area contributed by atoms with Crippen LogP contribution >= 0.6 is 0 Å². The topological polar surface area (TPSA) is 41.1 Å². The predicted octanol–water partition coefficient (Wildman–Crippen LogP) is 2.14. The van der Waals surface area contributed by atoms with Crippen molar-refractivity contribution in [2.75, 3.05) is 5.32 Å². The summed E-state index contributed by atoms with van der Waals surface area (Å²) in [6, 6.07) is 7.85. The van der Waals surface area contributed by atoms with E-state index in [0.717, 1.165) is 24.2 Å². The summed E-state index contributed by atoms with van der Waals surface area (Å²) in [7, 11) is 0.